The summed E-state index contributed by atoms with van der Waals surface area (Å²) >= 11 is 0. The van der Waals surface area contributed by atoms with Crippen LogP contribution in [0.5, 0.6) is 0 Å². The van der Waals surface area contributed by atoms with Crippen molar-refractivity contribution in [3.63, 3.8) is 0 Å². The Labute approximate surface area is 132 Å². The molecule has 1 aromatic rings. The summed E-state index contributed by atoms with van der Waals surface area (Å²) in [5.41, 5.74) is 6.63. The van der Waals surface area contributed by atoms with E-state index >= 15 is 0 Å². The van der Waals surface area contributed by atoms with Crippen LogP contribution in [0.4, 0.5) is 0 Å². The molecule has 0 saturated heterocycles. The third kappa shape index (κ3) is 2.42. The molecule has 0 nitrogen and oxygen atoms in total. The van der Waals surface area contributed by atoms with E-state index in [0.717, 1.165) is 33.4 Å². The lowest BCUT2D eigenvalue weighted by molar-refractivity contribution is 1.55. The summed E-state index contributed by atoms with van der Waals surface area (Å²) in [5.74, 6) is 0. The van der Waals surface area contributed by atoms with Gasteiger partial charge in [0.05, 0.1) is 0 Å². The molecule has 96 valence electrons. The van der Waals surface area contributed by atoms with Gasteiger partial charge in [-0.05, 0) is 97.8 Å². The second-order valence-electron chi connectivity index (χ2n) is 4.44. The van der Waals surface area contributed by atoms with Crippen LogP contribution in [-0.4, -0.2) is 30.1 Å². The number of rotatable bonds is 3. The summed E-state index contributed by atoms with van der Waals surface area (Å²) in [5, 5.41) is 19.1. The molecule has 0 radical (unpaired) electrons. The maximum absolute atomic E-state index is 3.25. The maximum Gasteiger partial charge on any atom is 0.0436 e. The van der Waals surface area contributed by atoms with E-state index < -0.39 is 0 Å². The van der Waals surface area contributed by atoms with Crippen LogP contribution in [0.2, 0.25) is 0 Å². The predicted octanol–water partition coefficient (Wildman–Crippen LogP) is 3.15. The minimum absolute atomic E-state index is 1.07. The second-order valence-corrected chi connectivity index (χ2v) is 6.37. The van der Waals surface area contributed by atoms with E-state index in [1.165, 1.54) is 32.8 Å². The Hall–Kier alpha value is -2.22. The molecule has 21 heavy (non-hydrogen) atoms. The molecule has 0 atom stereocenters. The monoisotopic (exact) mass is 318 g/mol. The zero-order chi connectivity index (χ0) is 14.1. The average molecular weight is 318 g/mol. The van der Waals surface area contributed by atoms with E-state index in [9.17, 15) is 0 Å². The Morgan fingerprint density at radius 2 is 0.857 bits per heavy atom. The van der Waals surface area contributed by atoms with Crippen LogP contribution in [0.25, 0.3) is 16.7 Å². The first-order chi connectivity index (χ1) is 10.4. The SMILES string of the molecule is C1=CC(c2cc(C3=C=S=C=C3)cc(C3=C=S=C=C3)c2)=C=S=1. The first kappa shape index (κ1) is 12.5. The zero-order valence-electron chi connectivity index (χ0n) is 10.7. The summed E-state index contributed by atoms with van der Waals surface area (Å²) in [6.07, 6.45) is 5.92. The molecule has 3 heteroatoms. The lowest BCUT2D eigenvalue weighted by atomic mass is 9.94. The quantitative estimate of drug-likeness (QED) is 0.751. The van der Waals surface area contributed by atoms with Crippen molar-refractivity contribution in [2.45, 2.75) is 0 Å². The minimum Gasteiger partial charge on any atom is -0.0484 e. The molecule has 4 rings (SSSR count). The molecule has 0 bridgehead atoms. The van der Waals surface area contributed by atoms with E-state index in [4.69, 9.17) is 0 Å². The second kappa shape index (κ2) is 5.28. The van der Waals surface area contributed by atoms with Crippen LogP contribution in [0, 0.1) is 0 Å². The van der Waals surface area contributed by atoms with Crippen LogP contribution in [0.3, 0.4) is 0 Å². The van der Waals surface area contributed by atoms with Gasteiger partial charge in [0, 0.05) is 34.9 Å². The van der Waals surface area contributed by atoms with Crippen molar-refractivity contribution >= 4 is 79.7 Å². The summed E-state index contributed by atoms with van der Waals surface area (Å²) in [4.78, 5) is 0. The molecular weight excluding hydrogens is 312 g/mol. The van der Waals surface area contributed by atoms with Gasteiger partial charge in [-0.25, -0.2) is 0 Å². The normalized spacial score (nSPS) is 15.7. The Kier molecular flexibility index (Phi) is 3.15. The van der Waals surface area contributed by atoms with Crippen molar-refractivity contribution in [2.24, 2.45) is 0 Å². The van der Waals surface area contributed by atoms with Crippen LogP contribution in [0.15, 0.2) is 36.4 Å². The van der Waals surface area contributed by atoms with Gasteiger partial charge in [-0.1, -0.05) is 0 Å². The summed E-state index contributed by atoms with van der Waals surface area (Å²) in [6, 6.07) is 6.50. The summed E-state index contributed by atoms with van der Waals surface area (Å²) in [6.45, 7) is 0. The predicted molar refractivity (Wildman–Crippen MR) is 103 cm³/mol. The standard InChI is InChI=1S/C18H6S3/c1-4-19-10-13(1)16-7-17(14-2-5-20-11-14)9-18(8-16)15-3-6-21-12-15/h1-3,7-9H. The molecule has 0 N–H and O–H groups in total. The summed E-state index contributed by atoms with van der Waals surface area (Å²) in [7, 11) is 4.40. The van der Waals surface area contributed by atoms with Crippen molar-refractivity contribution in [1.82, 2.24) is 0 Å². The van der Waals surface area contributed by atoms with Gasteiger partial charge in [0.25, 0.3) is 0 Å². The largest absolute Gasteiger partial charge is 0.0484 e. The average Bonchev–Trinajstić information content (AvgIpc) is 3.29. The Morgan fingerprint density at radius 1 is 0.524 bits per heavy atom. The van der Waals surface area contributed by atoms with Gasteiger partial charge in [-0.2, -0.15) is 0 Å². The van der Waals surface area contributed by atoms with Crippen LogP contribution >= 0.6 is 32.8 Å². The number of hydrogen-bond acceptors (Lipinski definition) is 0. The van der Waals surface area contributed by atoms with Crippen molar-refractivity contribution < 1.29 is 0 Å². The van der Waals surface area contributed by atoms with E-state index in [1.54, 1.807) is 0 Å². The van der Waals surface area contributed by atoms with Gasteiger partial charge in [0.1, 0.15) is 0 Å². The van der Waals surface area contributed by atoms with Crippen molar-refractivity contribution in [3.05, 3.63) is 53.1 Å². The lowest BCUT2D eigenvalue weighted by Gasteiger charge is -2.08. The lowest BCUT2D eigenvalue weighted by Crippen LogP contribution is -1.92. The molecular formula is C18H6S3. The molecule has 1 aromatic carbocycles. The van der Waals surface area contributed by atoms with E-state index in [1.807, 2.05) is 18.2 Å². The van der Waals surface area contributed by atoms with Crippen molar-refractivity contribution in [2.75, 3.05) is 0 Å². The van der Waals surface area contributed by atoms with Crippen molar-refractivity contribution in [3.8, 4) is 0 Å². The van der Waals surface area contributed by atoms with Crippen molar-refractivity contribution in [1.29, 1.82) is 0 Å². The highest BCUT2D eigenvalue weighted by molar-refractivity contribution is 7.96. The fourth-order valence-corrected chi connectivity index (χ4v) is 3.70. The summed E-state index contributed by atoms with van der Waals surface area (Å²) < 4.78 is 0. The van der Waals surface area contributed by atoms with Gasteiger partial charge in [0.15, 0.2) is 0 Å². The Bertz CT molecular complexity index is 973. The van der Waals surface area contributed by atoms with Gasteiger partial charge >= 0.3 is 0 Å². The Balaban J connectivity index is 1.92. The minimum atomic E-state index is 1.07. The van der Waals surface area contributed by atoms with Crippen LogP contribution in [0.1, 0.15) is 16.7 Å². The van der Waals surface area contributed by atoms with E-state index in [0.29, 0.717) is 0 Å². The highest BCUT2D eigenvalue weighted by Gasteiger charge is 2.10. The highest BCUT2D eigenvalue weighted by atomic mass is 32.1. The molecule has 3 aliphatic rings. The van der Waals surface area contributed by atoms with Crippen LogP contribution in [-0.2, 0) is 0 Å². The first-order valence-corrected chi connectivity index (χ1v) is 8.64. The topological polar surface area (TPSA) is 0 Å². The molecule has 0 saturated carbocycles. The van der Waals surface area contributed by atoms with Gasteiger partial charge in [-0.15, -0.1) is 0 Å². The molecule has 3 heterocycles. The molecule has 3 aliphatic heterocycles. The molecule has 0 fully saturated rings. The van der Waals surface area contributed by atoms with Gasteiger partial charge in [-0.3, -0.25) is 0 Å². The smallest absolute Gasteiger partial charge is 0.0436 e. The number of hydrogen-bond donors (Lipinski definition) is 0. The fraction of sp³-hybridized carbons (Fsp3) is 0. The number of allylic oxidation sites excluding steroid dienone is 6. The van der Waals surface area contributed by atoms with Gasteiger partial charge < -0.3 is 0 Å². The van der Waals surface area contributed by atoms with Crippen LogP contribution < -0.4 is 0 Å². The van der Waals surface area contributed by atoms with E-state index in [2.05, 4.69) is 48.3 Å². The first-order valence-electron chi connectivity index (χ1n) is 6.19. The molecule has 0 spiro atoms. The molecule has 0 aromatic heterocycles. The Morgan fingerprint density at radius 3 is 1.10 bits per heavy atom. The van der Waals surface area contributed by atoms with Gasteiger partial charge in [0.2, 0.25) is 0 Å². The molecule has 0 amide bonds. The number of benzene rings is 1. The fourth-order valence-electron chi connectivity index (χ4n) is 2.13. The molecule has 0 unspecified atom stereocenters. The molecule has 0 aliphatic carbocycles. The third-order valence-electron chi connectivity index (χ3n) is 3.14. The third-order valence-corrected chi connectivity index (χ3v) is 4.81. The highest BCUT2D eigenvalue weighted by Crippen LogP contribution is 2.26. The zero-order valence-corrected chi connectivity index (χ0v) is 13.1. The van der Waals surface area contributed by atoms with E-state index in [-0.39, 0.29) is 0 Å². The maximum atomic E-state index is 3.25.